The van der Waals surface area contributed by atoms with Gasteiger partial charge in [0.15, 0.2) is 0 Å². The molecule has 1 aliphatic heterocycles. The third-order valence-corrected chi connectivity index (χ3v) is 3.92. The number of hydrogen-bond donors (Lipinski definition) is 1. The van der Waals surface area contributed by atoms with Crippen molar-refractivity contribution in [3.63, 3.8) is 0 Å². The summed E-state index contributed by atoms with van der Waals surface area (Å²) in [6.07, 6.45) is 0. The zero-order valence-corrected chi connectivity index (χ0v) is 14.3. The molecule has 2 rings (SSSR count). The van der Waals surface area contributed by atoms with Crippen LogP contribution in [-0.2, 0) is 14.3 Å². The second-order valence-electron chi connectivity index (χ2n) is 5.61. The number of methoxy groups -OCH3 is 1. The summed E-state index contributed by atoms with van der Waals surface area (Å²) in [6, 6.07) is 7.06. The number of nitrogens with zero attached hydrogens (tertiary/aromatic N) is 2. The maximum Gasteiger partial charge on any atom is 0.240 e. The van der Waals surface area contributed by atoms with Crippen LogP contribution in [0.1, 0.15) is 6.92 Å². The molecule has 1 fully saturated rings. The highest BCUT2D eigenvalue weighted by Crippen LogP contribution is 2.19. The predicted molar refractivity (Wildman–Crippen MR) is 91.3 cm³/mol. The fraction of sp³-hybridized carbons (Fsp3) is 0.529. The first kappa shape index (κ1) is 18.2. The van der Waals surface area contributed by atoms with Crippen LogP contribution in [0.5, 0.6) is 5.75 Å². The van der Waals surface area contributed by atoms with Gasteiger partial charge in [0, 0.05) is 38.8 Å². The summed E-state index contributed by atoms with van der Waals surface area (Å²) >= 11 is 0. The van der Waals surface area contributed by atoms with Crippen LogP contribution < -0.4 is 15.0 Å². The van der Waals surface area contributed by atoms with E-state index in [1.54, 1.807) is 31.4 Å². The van der Waals surface area contributed by atoms with Crippen LogP contribution in [0.3, 0.4) is 0 Å². The van der Waals surface area contributed by atoms with Crippen LogP contribution in [0, 0.1) is 0 Å². The van der Waals surface area contributed by atoms with Crippen molar-refractivity contribution in [1.29, 1.82) is 0 Å². The molecule has 2 amide bonds. The van der Waals surface area contributed by atoms with Gasteiger partial charge in [0.2, 0.25) is 11.8 Å². The molecular weight excluding hydrogens is 310 g/mol. The van der Waals surface area contributed by atoms with E-state index < -0.39 is 0 Å². The minimum atomic E-state index is -0.177. The average molecular weight is 335 g/mol. The van der Waals surface area contributed by atoms with Crippen LogP contribution >= 0.6 is 0 Å². The third-order valence-electron chi connectivity index (χ3n) is 3.92. The normalized spacial score (nSPS) is 14.9. The van der Waals surface area contributed by atoms with E-state index in [4.69, 9.17) is 9.47 Å². The van der Waals surface area contributed by atoms with Crippen molar-refractivity contribution in [3.05, 3.63) is 24.3 Å². The van der Waals surface area contributed by atoms with E-state index in [1.165, 1.54) is 11.8 Å². The number of carbonyl (C=O) groups excluding carboxylic acids is 2. The Morgan fingerprint density at radius 2 is 1.92 bits per heavy atom. The number of anilines is 1. The van der Waals surface area contributed by atoms with Gasteiger partial charge in [-0.25, -0.2) is 0 Å². The van der Waals surface area contributed by atoms with E-state index in [2.05, 4.69) is 10.2 Å². The molecule has 0 radical (unpaired) electrons. The number of ether oxygens (including phenoxy) is 2. The van der Waals surface area contributed by atoms with Crippen molar-refractivity contribution < 1.29 is 19.1 Å². The largest absolute Gasteiger partial charge is 0.497 e. The SMILES string of the molecule is COc1ccc(N(CC(=O)NCCN2CCOCC2)C(C)=O)cc1. The monoisotopic (exact) mass is 335 g/mol. The molecular formula is C17H25N3O4. The number of benzene rings is 1. The summed E-state index contributed by atoms with van der Waals surface area (Å²) in [5, 5.41) is 2.87. The molecule has 0 unspecified atom stereocenters. The second kappa shape index (κ2) is 9.24. The zero-order chi connectivity index (χ0) is 17.4. The lowest BCUT2D eigenvalue weighted by atomic mass is 10.2. The van der Waals surface area contributed by atoms with Gasteiger partial charge in [-0.15, -0.1) is 0 Å². The van der Waals surface area contributed by atoms with Gasteiger partial charge in [-0.2, -0.15) is 0 Å². The summed E-state index contributed by atoms with van der Waals surface area (Å²) < 4.78 is 10.4. The molecule has 132 valence electrons. The highest BCUT2D eigenvalue weighted by Gasteiger charge is 2.16. The van der Waals surface area contributed by atoms with E-state index in [0.29, 0.717) is 18.0 Å². The second-order valence-corrected chi connectivity index (χ2v) is 5.61. The van der Waals surface area contributed by atoms with E-state index in [-0.39, 0.29) is 18.4 Å². The van der Waals surface area contributed by atoms with Crippen molar-refractivity contribution in [2.45, 2.75) is 6.92 Å². The Morgan fingerprint density at radius 1 is 1.25 bits per heavy atom. The van der Waals surface area contributed by atoms with Crippen molar-refractivity contribution in [1.82, 2.24) is 10.2 Å². The van der Waals surface area contributed by atoms with Crippen LogP contribution in [0.2, 0.25) is 0 Å². The molecule has 0 bridgehead atoms. The Bertz CT molecular complexity index is 541. The highest BCUT2D eigenvalue weighted by atomic mass is 16.5. The molecule has 0 aliphatic carbocycles. The van der Waals surface area contributed by atoms with Gasteiger partial charge >= 0.3 is 0 Å². The Balaban J connectivity index is 1.82. The molecule has 1 heterocycles. The summed E-state index contributed by atoms with van der Waals surface area (Å²) in [5.74, 6) is 0.356. The standard InChI is InChI=1S/C17H25N3O4/c1-14(21)20(15-3-5-16(23-2)6-4-15)13-17(22)18-7-8-19-9-11-24-12-10-19/h3-6H,7-13H2,1-2H3,(H,18,22). The Labute approximate surface area is 142 Å². The topological polar surface area (TPSA) is 71.1 Å². The molecule has 1 N–H and O–H groups in total. The van der Waals surface area contributed by atoms with E-state index in [9.17, 15) is 9.59 Å². The lowest BCUT2D eigenvalue weighted by Crippen LogP contribution is -2.44. The van der Waals surface area contributed by atoms with Crippen LogP contribution in [0.4, 0.5) is 5.69 Å². The average Bonchev–Trinajstić information content (AvgIpc) is 2.60. The zero-order valence-electron chi connectivity index (χ0n) is 14.3. The van der Waals surface area contributed by atoms with Crippen LogP contribution in [0.15, 0.2) is 24.3 Å². The lowest BCUT2D eigenvalue weighted by molar-refractivity contribution is -0.123. The molecule has 7 nitrogen and oxygen atoms in total. The summed E-state index contributed by atoms with van der Waals surface area (Å²) in [4.78, 5) is 27.7. The molecule has 1 aromatic carbocycles. The van der Waals surface area contributed by atoms with Gasteiger partial charge in [0.1, 0.15) is 12.3 Å². The van der Waals surface area contributed by atoms with E-state index >= 15 is 0 Å². The van der Waals surface area contributed by atoms with Crippen molar-refractivity contribution in [2.75, 3.05) is 57.9 Å². The van der Waals surface area contributed by atoms with Crippen molar-refractivity contribution in [2.24, 2.45) is 0 Å². The summed E-state index contributed by atoms with van der Waals surface area (Å²) in [6.45, 7) is 6.07. The molecule has 0 aromatic heterocycles. The fourth-order valence-corrected chi connectivity index (χ4v) is 2.52. The molecule has 1 saturated heterocycles. The molecule has 0 spiro atoms. The van der Waals surface area contributed by atoms with Gasteiger partial charge in [0.25, 0.3) is 0 Å². The van der Waals surface area contributed by atoms with E-state index in [0.717, 1.165) is 32.8 Å². The maximum atomic E-state index is 12.1. The molecule has 0 saturated carbocycles. The third kappa shape index (κ3) is 5.50. The number of carbonyl (C=O) groups is 2. The molecule has 0 atom stereocenters. The van der Waals surface area contributed by atoms with Crippen LogP contribution in [0.25, 0.3) is 0 Å². The highest BCUT2D eigenvalue weighted by molar-refractivity contribution is 5.97. The molecule has 1 aliphatic rings. The Kier molecular flexibility index (Phi) is 7.02. The maximum absolute atomic E-state index is 12.1. The van der Waals surface area contributed by atoms with Gasteiger partial charge in [-0.1, -0.05) is 0 Å². The van der Waals surface area contributed by atoms with Gasteiger partial charge in [-0.3, -0.25) is 14.5 Å². The van der Waals surface area contributed by atoms with Gasteiger partial charge in [-0.05, 0) is 24.3 Å². The first-order valence-corrected chi connectivity index (χ1v) is 8.09. The summed E-state index contributed by atoms with van der Waals surface area (Å²) in [7, 11) is 1.58. The number of hydrogen-bond acceptors (Lipinski definition) is 5. The number of nitrogens with one attached hydrogen (secondary N) is 1. The minimum Gasteiger partial charge on any atom is -0.497 e. The number of amides is 2. The predicted octanol–water partition coefficient (Wildman–Crippen LogP) is 0.497. The van der Waals surface area contributed by atoms with Crippen molar-refractivity contribution in [3.8, 4) is 5.75 Å². The molecule has 7 heteroatoms. The Morgan fingerprint density at radius 3 is 2.50 bits per heavy atom. The van der Waals surface area contributed by atoms with Gasteiger partial charge in [0.05, 0.1) is 20.3 Å². The number of rotatable bonds is 7. The fourth-order valence-electron chi connectivity index (χ4n) is 2.52. The smallest absolute Gasteiger partial charge is 0.240 e. The van der Waals surface area contributed by atoms with E-state index in [1.807, 2.05) is 0 Å². The van der Waals surface area contributed by atoms with Crippen molar-refractivity contribution >= 4 is 17.5 Å². The first-order valence-electron chi connectivity index (χ1n) is 8.09. The summed E-state index contributed by atoms with van der Waals surface area (Å²) in [5.41, 5.74) is 0.673. The van der Waals surface area contributed by atoms with Crippen LogP contribution in [-0.4, -0.2) is 69.8 Å². The van der Waals surface area contributed by atoms with Gasteiger partial charge < -0.3 is 19.7 Å². The Hall–Kier alpha value is -2.12. The number of morpholine rings is 1. The molecule has 1 aromatic rings. The molecule has 24 heavy (non-hydrogen) atoms. The lowest BCUT2D eigenvalue weighted by Gasteiger charge is -2.26. The minimum absolute atomic E-state index is 0.00474. The first-order chi connectivity index (χ1) is 11.6. The quantitative estimate of drug-likeness (QED) is 0.786.